The zero-order chi connectivity index (χ0) is 12.8. The summed E-state index contributed by atoms with van der Waals surface area (Å²) in [4.78, 5) is 0. The average molecular weight is 278 g/mol. The van der Waals surface area contributed by atoms with E-state index in [-0.39, 0.29) is 13.2 Å². The SMILES string of the molecule is CC(COCC(C)OS(=O)(=O)O)OS(=O)O. The Morgan fingerprint density at radius 1 is 1.25 bits per heavy atom. The Morgan fingerprint density at radius 2 is 1.75 bits per heavy atom. The lowest BCUT2D eigenvalue weighted by Crippen LogP contribution is -2.24. The van der Waals surface area contributed by atoms with Crippen molar-refractivity contribution >= 4 is 21.8 Å². The van der Waals surface area contributed by atoms with E-state index in [1.807, 2.05) is 0 Å². The van der Waals surface area contributed by atoms with Crippen LogP contribution < -0.4 is 0 Å². The lowest BCUT2D eigenvalue weighted by Gasteiger charge is -2.13. The van der Waals surface area contributed by atoms with E-state index in [2.05, 4.69) is 8.37 Å². The fraction of sp³-hybridized carbons (Fsp3) is 1.00. The van der Waals surface area contributed by atoms with Crippen molar-refractivity contribution in [2.24, 2.45) is 0 Å². The molecule has 10 heteroatoms. The van der Waals surface area contributed by atoms with E-state index in [9.17, 15) is 12.6 Å². The highest BCUT2D eigenvalue weighted by molar-refractivity contribution is 7.80. The van der Waals surface area contributed by atoms with Crippen molar-refractivity contribution < 1.29 is 34.8 Å². The molecule has 0 amide bonds. The van der Waals surface area contributed by atoms with Crippen molar-refractivity contribution in [3.05, 3.63) is 0 Å². The van der Waals surface area contributed by atoms with Crippen LogP contribution in [0.5, 0.6) is 0 Å². The molecule has 0 fully saturated rings. The number of ether oxygens (including phenoxy) is 1. The highest BCUT2D eigenvalue weighted by Gasteiger charge is 2.13. The highest BCUT2D eigenvalue weighted by Crippen LogP contribution is 1.99. The average Bonchev–Trinajstić information content (AvgIpc) is 1.98. The Balaban J connectivity index is 3.70. The molecule has 0 saturated heterocycles. The van der Waals surface area contributed by atoms with E-state index in [1.165, 1.54) is 13.8 Å². The summed E-state index contributed by atoms with van der Waals surface area (Å²) in [5.74, 6) is 0. The van der Waals surface area contributed by atoms with Crippen molar-refractivity contribution in [3.8, 4) is 0 Å². The smallest absolute Gasteiger partial charge is 0.376 e. The van der Waals surface area contributed by atoms with E-state index in [1.54, 1.807) is 0 Å². The van der Waals surface area contributed by atoms with Crippen molar-refractivity contribution in [3.63, 3.8) is 0 Å². The molecule has 0 aliphatic rings. The van der Waals surface area contributed by atoms with Gasteiger partial charge in [0.05, 0.1) is 25.4 Å². The highest BCUT2D eigenvalue weighted by atomic mass is 32.3. The standard InChI is InChI=1S/C6H14O8S2/c1-5(13-15(7)8)3-12-4-6(2)14-16(9,10)11/h5-6H,3-4H2,1-2H3,(H,7,8)(H,9,10,11). The van der Waals surface area contributed by atoms with Gasteiger partial charge in [0, 0.05) is 0 Å². The summed E-state index contributed by atoms with van der Waals surface area (Å²) < 4.78 is 60.9. The van der Waals surface area contributed by atoms with Gasteiger partial charge in [-0.2, -0.15) is 12.6 Å². The van der Waals surface area contributed by atoms with Crippen LogP contribution in [0.1, 0.15) is 13.8 Å². The van der Waals surface area contributed by atoms with Crippen molar-refractivity contribution in [2.75, 3.05) is 13.2 Å². The maximum absolute atomic E-state index is 10.3. The molecule has 16 heavy (non-hydrogen) atoms. The first kappa shape index (κ1) is 15.9. The van der Waals surface area contributed by atoms with Gasteiger partial charge in [-0.05, 0) is 13.8 Å². The Bertz CT molecular complexity index is 312. The minimum atomic E-state index is -4.49. The van der Waals surface area contributed by atoms with Gasteiger partial charge in [-0.25, -0.2) is 4.18 Å². The van der Waals surface area contributed by atoms with E-state index in [4.69, 9.17) is 13.8 Å². The van der Waals surface area contributed by atoms with Gasteiger partial charge in [0.15, 0.2) is 0 Å². The topological polar surface area (TPSA) is 119 Å². The lowest BCUT2D eigenvalue weighted by molar-refractivity contribution is 0.0190. The molecule has 0 spiro atoms. The third-order valence-corrected chi connectivity index (χ3v) is 2.30. The molecular weight excluding hydrogens is 264 g/mol. The number of hydrogen-bond donors (Lipinski definition) is 2. The zero-order valence-electron chi connectivity index (χ0n) is 8.73. The molecule has 3 unspecified atom stereocenters. The Hall–Kier alpha value is -0.100. The van der Waals surface area contributed by atoms with Crippen LogP contribution in [0.25, 0.3) is 0 Å². The van der Waals surface area contributed by atoms with E-state index >= 15 is 0 Å². The summed E-state index contributed by atoms with van der Waals surface area (Å²) in [6, 6.07) is 0. The van der Waals surface area contributed by atoms with Gasteiger partial charge in [0.2, 0.25) is 0 Å². The summed E-state index contributed by atoms with van der Waals surface area (Å²) in [5, 5.41) is 0. The lowest BCUT2D eigenvalue weighted by atomic mass is 10.4. The van der Waals surface area contributed by atoms with Crippen LogP contribution >= 0.6 is 0 Å². The molecule has 0 radical (unpaired) electrons. The molecule has 8 nitrogen and oxygen atoms in total. The van der Waals surface area contributed by atoms with Gasteiger partial charge in [-0.1, -0.05) is 0 Å². The molecule has 0 aliphatic heterocycles. The van der Waals surface area contributed by atoms with Gasteiger partial charge < -0.3 is 4.74 Å². The van der Waals surface area contributed by atoms with Crippen LogP contribution in [-0.2, 0) is 34.9 Å². The van der Waals surface area contributed by atoms with Crippen LogP contribution in [0.2, 0.25) is 0 Å². The summed E-state index contributed by atoms with van der Waals surface area (Å²) in [6.45, 7) is 2.77. The van der Waals surface area contributed by atoms with Crippen LogP contribution in [-0.4, -0.2) is 47.2 Å². The molecule has 2 N–H and O–H groups in total. The minimum absolute atomic E-state index is 0.00846. The molecule has 0 aliphatic carbocycles. The molecule has 0 aromatic heterocycles. The third kappa shape index (κ3) is 10.4. The molecule has 0 heterocycles. The quantitative estimate of drug-likeness (QED) is 0.461. The molecule has 0 bridgehead atoms. The van der Waals surface area contributed by atoms with Crippen molar-refractivity contribution in [1.82, 2.24) is 0 Å². The predicted molar refractivity (Wildman–Crippen MR) is 54.2 cm³/mol. The van der Waals surface area contributed by atoms with Gasteiger partial charge in [-0.3, -0.25) is 13.3 Å². The second kappa shape index (κ2) is 7.27. The van der Waals surface area contributed by atoms with Gasteiger partial charge in [-0.15, -0.1) is 0 Å². The summed E-state index contributed by atoms with van der Waals surface area (Å²) in [5.41, 5.74) is 0. The van der Waals surface area contributed by atoms with Crippen molar-refractivity contribution in [1.29, 1.82) is 0 Å². The maximum Gasteiger partial charge on any atom is 0.397 e. The molecule has 0 rings (SSSR count). The fourth-order valence-electron chi connectivity index (χ4n) is 0.804. The van der Waals surface area contributed by atoms with Crippen molar-refractivity contribution in [2.45, 2.75) is 26.1 Å². The van der Waals surface area contributed by atoms with Crippen LogP contribution in [0.15, 0.2) is 0 Å². The molecule has 98 valence electrons. The first-order valence-electron chi connectivity index (χ1n) is 4.22. The van der Waals surface area contributed by atoms with Gasteiger partial charge in [0.1, 0.15) is 0 Å². The van der Waals surface area contributed by atoms with E-state index in [0.717, 1.165) is 0 Å². The molecule has 3 atom stereocenters. The van der Waals surface area contributed by atoms with Crippen LogP contribution in [0.3, 0.4) is 0 Å². The Kier molecular flexibility index (Phi) is 7.22. The normalized spacial score (nSPS) is 18.0. The third-order valence-electron chi connectivity index (χ3n) is 1.24. The van der Waals surface area contributed by atoms with Gasteiger partial charge >= 0.3 is 21.8 Å². The molecule has 0 aromatic carbocycles. The first-order valence-corrected chi connectivity index (χ1v) is 6.62. The second-order valence-corrected chi connectivity index (χ2v) is 4.67. The molecule has 0 saturated carbocycles. The second-order valence-electron chi connectivity index (χ2n) is 3.00. The number of rotatable bonds is 8. The molecular formula is C6H14O8S2. The van der Waals surface area contributed by atoms with Gasteiger partial charge in [0.25, 0.3) is 0 Å². The van der Waals surface area contributed by atoms with E-state index < -0.39 is 34.0 Å². The summed E-state index contributed by atoms with van der Waals surface area (Å²) in [7, 11) is -4.49. The largest absolute Gasteiger partial charge is 0.397 e. The van der Waals surface area contributed by atoms with Crippen LogP contribution in [0, 0.1) is 0 Å². The zero-order valence-corrected chi connectivity index (χ0v) is 10.4. The Labute approximate surface area is 96.3 Å². The monoisotopic (exact) mass is 278 g/mol. The maximum atomic E-state index is 10.3. The van der Waals surface area contributed by atoms with E-state index in [0.29, 0.717) is 0 Å². The fourth-order valence-corrected chi connectivity index (χ4v) is 1.61. The summed E-state index contributed by atoms with van der Waals surface area (Å²) >= 11 is -2.37. The minimum Gasteiger partial charge on any atom is -0.376 e. The van der Waals surface area contributed by atoms with Crippen LogP contribution in [0.4, 0.5) is 0 Å². The predicted octanol–water partition coefficient (Wildman–Crippen LogP) is -0.247. The number of hydrogen-bond acceptors (Lipinski definition) is 6. The molecule has 0 aromatic rings. The summed E-state index contributed by atoms with van der Waals surface area (Å²) in [6.07, 6.45) is -1.48. The first-order chi connectivity index (χ1) is 7.20. The Morgan fingerprint density at radius 3 is 2.19 bits per heavy atom.